The summed E-state index contributed by atoms with van der Waals surface area (Å²) in [5.41, 5.74) is 3.02. The van der Waals surface area contributed by atoms with Gasteiger partial charge in [-0.3, -0.25) is 4.79 Å². The van der Waals surface area contributed by atoms with Gasteiger partial charge in [0, 0.05) is 43.4 Å². The maximum atomic E-state index is 12.4. The highest BCUT2D eigenvalue weighted by molar-refractivity contribution is 5.79. The second-order valence-corrected chi connectivity index (χ2v) is 5.79. The molecule has 1 aliphatic carbocycles. The number of pyridine rings is 1. The third kappa shape index (κ3) is 3.91. The van der Waals surface area contributed by atoms with Crippen LogP contribution in [0.2, 0.25) is 0 Å². The number of rotatable bonds is 7. The molecule has 7 nitrogen and oxygen atoms in total. The molecule has 0 saturated carbocycles. The van der Waals surface area contributed by atoms with Crippen molar-refractivity contribution in [1.29, 1.82) is 0 Å². The molecule has 1 aliphatic rings. The van der Waals surface area contributed by atoms with E-state index in [1.54, 1.807) is 19.6 Å². The van der Waals surface area contributed by atoms with Gasteiger partial charge < -0.3 is 19.8 Å². The summed E-state index contributed by atoms with van der Waals surface area (Å²) in [5, 5.41) is 3.00. The van der Waals surface area contributed by atoms with E-state index >= 15 is 0 Å². The molecule has 1 amide bonds. The van der Waals surface area contributed by atoms with Crippen LogP contribution in [0.3, 0.4) is 0 Å². The van der Waals surface area contributed by atoms with Gasteiger partial charge >= 0.3 is 0 Å². The number of fused-ring (bicyclic) bond motifs is 1. The Balaban J connectivity index is 1.55. The number of amides is 1. The Morgan fingerprint density at radius 2 is 2.33 bits per heavy atom. The smallest absolute Gasteiger partial charge is 0.223 e. The minimum atomic E-state index is -0.0209. The number of carbonyl (C=O) groups is 1. The predicted molar refractivity (Wildman–Crippen MR) is 87.6 cm³/mol. The molecule has 3 rings (SSSR count). The van der Waals surface area contributed by atoms with Crippen LogP contribution in [0.5, 0.6) is 5.88 Å². The van der Waals surface area contributed by atoms with Crippen molar-refractivity contribution < 1.29 is 14.3 Å². The first-order chi connectivity index (χ1) is 11.8. The standard InChI is InChI=1S/C17H22N4O3/c1-23-7-8-24-17-13(3-2-6-18-17)10-19-16(22)12-4-5-14-15(9-12)21-11-20-14/h2-3,6,11-12H,4-5,7-10H2,1H3,(H,19,22)(H,20,21)/t12-/m0/s1. The summed E-state index contributed by atoms with van der Waals surface area (Å²) in [7, 11) is 1.62. The number of hydrogen-bond donors (Lipinski definition) is 2. The Bertz CT molecular complexity index is 686. The molecule has 2 aromatic heterocycles. The van der Waals surface area contributed by atoms with Crippen LogP contribution in [-0.2, 0) is 28.9 Å². The Hall–Kier alpha value is -2.41. The molecule has 1 atom stereocenters. The lowest BCUT2D eigenvalue weighted by Gasteiger charge is -2.21. The molecule has 0 aromatic carbocycles. The Kier molecular flexibility index (Phi) is 5.43. The van der Waals surface area contributed by atoms with Gasteiger partial charge in [-0.05, 0) is 18.9 Å². The summed E-state index contributed by atoms with van der Waals surface area (Å²) in [4.78, 5) is 24.1. The molecule has 7 heteroatoms. The number of H-pyrrole nitrogens is 1. The number of methoxy groups -OCH3 is 1. The number of aryl methyl sites for hydroxylation is 1. The van der Waals surface area contributed by atoms with Gasteiger partial charge in [-0.1, -0.05) is 6.07 Å². The molecular weight excluding hydrogens is 308 g/mol. The van der Waals surface area contributed by atoms with Crippen molar-refractivity contribution in [2.24, 2.45) is 5.92 Å². The van der Waals surface area contributed by atoms with Crippen LogP contribution in [-0.4, -0.2) is 41.2 Å². The molecule has 2 aromatic rings. The third-order valence-electron chi connectivity index (χ3n) is 4.19. The normalized spacial score (nSPS) is 16.5. The lowest BCUT2D eigenvalue weighted by molar-refractivity contribution is -0.125. The minimum absolute atomic E-state index is 0.0209. The number of hydrogen-bond acceptors (Lipinski definition) is 5. The van der Waals surface area contributed by atoms with E-state index in [9.17, 15) is 4.79 Å². The van der Waals surface area contributed by atoms with E-state index in [0.29, 0.717) is 32.1 Å². The first-order valence-corrected chi connectivity index (χ1v) is 8.12. The maximum Gasteiger partial charge on any atom is 0.223 e. The molecular formula is C17H22N4O3. The van der Waals surface area contributed by atoms with Crippen LogP contribution < -0.4 is 10.1 Å². The number of aromatic nitrogens is 3. The van der Waals surface area contributed by atoms with Gasteiger partial charge in [-0.15, -0.1) is 0 Å². The van der Waals surface area contributed by atoms with E-state index in [1.807, 2.05) is 12.1 Å². The van der Waals surface area contributed by atoms with E-state index < -0.39 is 0 Å². The zero-order valence-electron chi connectivity index (χ0n) is 13.7. The molecule has 24 heavy (non-hydrogen) atoms. The summed E-state index contributed by atoms with van der Waals surface area (Å²) in [6, 6.07) is 3.74. The number of imidazole rings is 1. The van der Waals surface area contributed by atoms with Crippen molar-refractivity contribution in [1.82, 2.24) is 20.3 Å². The molecule has 128 valence electrons. The summed E-state index contributed by atoms with van der Waals surface area (Å²) in [6.07, 6.45) is 5.76. The third-order valence-corrected chi connectivity index (χ3v) is 4.19. The number of carbonyl (C=O) groups excluding carboxylic acids is 1. The molecule has 0 unspecified atom stereocenters. The lowest BCUT2D eigenvalue weighted by Crippen LogP contribution is -2.34. The van der Waals surface area contributed by atoms with E-state index in [4.69, 9.17) is 9.47 Å². The van der Waals surface area contributed by atoms with Crippen LogP contribution in [0.1, 0.15) is 23.4 Å². The zero-order valence-corrected chi connectivity index (χ0v) is 13.7. The maximum absolute atomic E-state index is 12.4. The molecule has 2 heterocycles. The van der Waals surface area contributed by atoms with Crippen molar-refractivity contribution in [3.05, 3.63) is 41.6 Å². The van der Waals surface area contributed by atoms with Crippen molar-refractivity contribution in [2.45, 2.75) is 25.8 Å². The van der Waals surface area contributed by atoms with E-state index in [0.717, 1.165) is 29.8 Å². The van der Waals surface area contributed by atoms with Crippen molar-refractivity contribution in [3.63, 3.8) is 0 Å². The summed E-state index contributed by atoms with van der Waals surface area (Å²) in [5.74, 6) is 0.573. The Labute approximate surface area is 140 Å². The van der Waals surface area contributed by atoms with Crippen molar-refractivity contribution in [2.75, 3.05) is 20.3 Å². The van der Waals surface area contributed by atoms with Crippen LogP contribution in [0.25, 0.3) is 0 Å². The van der Waals surface area contributed by atoms with Gasteiger partial charge in [0.2, 0.25) is 11.8 Å². The zero-order chi connectivity index (χ0) is 16.8. The highest BCUT2D eigenvalue weighted by Gasteiger charge is 2.26. The Morgan fingerprint density at radius 3 is 3.21 bits per heavy atom. The first kappa shape index (κ1) is 16.4. The fourth-order valence-corrected chi connectivity index (χ4v) is 2.86. The van der Waals surface area contributed by atoms with Gasteiger partial charge in [0.15, 0.2) is 0 Å². The van der Waals surface area contributed by atoms with Gasteiger partial charge in [0.05, 0.1) is 18.6 Å². The molecule has 0 aliphatic heterocycles. The second kappa shape index (κ2) is 7.92. The molecule has 0 radical (unpaired) electrons. The summed E-state index contributed by atoms with van der Waals surface area (Å²) < 4.78 is 10.6. The van der Waals surface area contributed by atoms with Gasteiger partial charge in [-0.2, -0.15) is 0 Å². The van der Waals surface area contributed by atoms with Crippen molar-refractivity contribution in [3.8, 4) is 5.88 Å². The quantitative estimate of drug-likeness (QED) is 0.746. The number of aromatic amines is 1. The first-order valence-electron chi connectivity index (χ1n) is 8.12. The summed E-state index contributed by atoms with van der Waals surface area (Å²) in [6.45, 7) is 1.33. The van der Waals surface area contributed by atoms with Crippen LogP contribution in [0, 0.1) is 5.92 Å². The lowest BCUT2D eigenvalue weighted by atomic mass is 9.89. The Morgan fingerprint density at radius 1 is 1.42 bits per heavy atom. The topological polar surface area (TPSA) is 89.1 Å². The van der Waals surface area contributed by atoms with E-state index in [-0.39, 0.29) is 11.8 Å². The molecule has 0 fully saturated rings. The fraction of sp³-hybridized carbons (Fsp3) is 0.471. The average Bonchev–Trinajstić information content (AvgIpc) is 3.08. The monoisotopic (exact) mass is 330 g/mol. The van der Waals surface area contributed by atoms with Gasteiger partial charge in [-0.25, -0.2) is 9.97 Å². The predicted octanol–water partition coefficient (Wildman–Crippen LogP) is 1.25. The highest BCUT2D eigenvalue weighted by Crippen LogP contribution is 2.23. The van der Waals surface area contributed by atoms with E-state index in [1.165, 1.54) is 0 Å². The molecule has 0 saturated heterocycles. The number of nitrogens with zero attached hydrogens (tertiary/aromatic N) is 2. The minimum Gasteiger partial charge on any atom is -0.475 e. The fourth-order valence-electron chi connectivity index (χ4n) is 2.86. The summed E-state index contributed by atoms with van der Waals surface area (Å²) >= 11 is 0. The van der Waals surface area contributed by atoms with Crippen LogP contribution >= 0.6 is 0 Å². The van der Waals surface area contributed by atoms with Crippen LogP contribution in [0.15, 0.2) is 24.7 Å². The molecule has 0 bridgehead atoms. The van der Waals surface area contributed by atoms with Gasteiger partial charge in [0.1, 0.15) is 6.61 Å². The number of nitrogens with one attached hydrogen (secondary N) is 2. The largest absolute Gasteiger partial charge is 0.475 e. The van der Waals surface area contributed by atoms with Crippen LogP contribution in [0.4, 0.5) is 0 Å². The molecule has 0 spiro atoms. The average molecular weight is 330 g/mol. The van der Waals surface area contributed by atoms with Crippen molar-refractivity contribution >= 4 is 5.91 Å². The molecule has 2 N–H and O–H groups in total. The highest BCUT2D eigenvalue weighted by atomic mass is 16.5. The van der Waals surface area contributed by atoms with Gasteiger partial charge in [0.25, 0.3) is 0 Å². The SMILES string of the molecule is COCCOc1ncccc1CNC(=O)[C@H]1CCc2nc[nH]c2C1. The number of ether oxygens (including phenoxy) is 2. The van der Waals surface area contributed by atoms with E-state index in [2.05, 4.69) is 20.3 Å². The second-order valence-electron chi connectivity index (χ2n) is 5.79.